The van der Waals surface area contributed by atoms with E-state index in [2.05, 4.69) is 20.2 Å². The van der Waals surface area contributed by atoms with Crippen molar-refractivity contribution < 1.29 is 12.8 Å². The molecule has 0 saturated heterocycles. The van der Waals surface area contributed by atoms with Crippen LogP contribution >= 0.6 is 0 Å². The number of nitrogens with zero attached hydrogens (tertiary/aromatic N) is 2. The van der Waals surface area contributed by atoms with Crippen LogP contribution in [0.2, 0.25) is 0 Å². The molecule has 0 saturated carbocycles. The lowest BCUT2D eigenvalue weighted by molar-refractivity contribution is 0.599. The van der Waals surface area contributed by atoms with Gasteiger partial charge in [-0.15, -0.1) is 10.2 Å². The molecule has 8 heteroatoms. The van der Waals surface area contributed by atoms with Crippen LogP contribution in [0.1, 0.15) is 18.9 Å². The van der Waals surface area contributed by atoms with Crippen molar-refractivity contribution in [2.24, 2.45) is 0 Å². The largest absolute Gasteiger partial charge is 0.368 e. The quantitative estimate of drug-likeness (QED) is 0.772. The van der Waals surface area contributed by atoms with Crippen molar-refractivity contribution in [2.75, 3.05) is 22.3 Å². The molecule has 0 unspecified atom stereocenters. The fourth-order valence-electron chi connectivity index (χ4n) is 1.95. The predicted molar refractivity (Wildman–Crippen MR) is 88.3 cm³/mol. The fraction of sp³-hybridized carbons (Fsp3) is 0.333. The number of aromatic nitrogens is 2. The van der Waals surface area contributed by atoms with Gasteiger partial charge in [-0.3, -0.25) is 4.72 Å². The molecule has 1 heterocycles. The number of benzene rings is 1. The van der Waals surface area contributed by atoms with Gasteiger partial charge in [-0.1, -0.05) is 19.1 Å². The maximum Gasteiger partial charge on any atom is 0.233 e. The number of rotatable bonds is 8. The monoisotopic (exact) mass is 338 g/mol. The van der Waals surface area contributed by atoms with E-state index < -0.39 is 10.0 Å². The summed E-state index contributed by atoms with van der Waals surface area (Å²) in [5.41, 5.74) is 1.01. The van der Waals surface area contributed by atoms with E-state index in [1.54, 1.807) is 31.2 Å². The summed E-state index contributed by atoms with van der Waals surface area (Å²) in [5.74, 6) is 0.536. The molecule has 2 rings (SSSR count). The van der Waals surface area contributed by atoms with E-state index in [0.29, 0.717) is 25.2 Å². The Balaban J connectivity index is 1.84. The highest BCUT2D eigenvalue weighted by Gasteiger charge is 2.09. The Kier molecular flexibility index (Phi) is 5.86. The third kappa shape index (κ3) is 5.82. The number of sulfonamides is 1. The van der Waals surface area contributed by atoms with Crippen molar-refractivity contribution in [2.45, 2.75) is 19.8 Å². The summed E-state index contributed by atoms with van der Waals surface area (Å²) in [6, 6.07) is 9.52. The second-order valence-electron chi connectivity index (χ2n) is 5.03. The van der Waals surface area contributed by atoms with Gasteiger partial charge < -0.3 is 5.32 Å². The van der Waals surface area contributed by atoms with Gasteiger partial charge in [0.15, 0.2) is 5.82 Å². The maximum atomic E-state index is 12.8. The van der Waals surface area contributed by atoms with Crippen LogP contribution in [-0.2, 0) is 16.4 Å². The highest BCUT2D eigenvalue weighted by Crippen LogP contribution is 2.09. The molecule has 1 aromatic carbocycles. The molecule has 0 aliphatic carbocycles. The van der Waals surface area contributed by atoms with E-state index in [1.807, 2.05) is 0 Å². The van der Waals surface area contributed by atoms with Gasteiger partial charge in [0, 0.05) is 6.54 Å². The lowest BCUT2D eigenvalue weighted by Gasteiger charge is -2.07. The average Bonchev–Trinajstić information content (AvgIpc) is 2.50. The third-order valence-corrected chi connectivity index (χ3v) is 4.50. The Bertz CT molecular complexity index is 718. The van der Waals surface area contributed by atoms with Crippen LogP contribution in [-0.4, -0.2) is 30.9 Å². The van der Waals surface area contributed by atoms with Crippen molar-refractivity contribution in [3.8, 4) is 0 Å². The second-order valence-corrected chi connectivity index (χ2v) is 6.87. The summed E-state index contributed by atoms with van der Waals surface area (Å²) in [4.78, 5) is 0. The molecule has 0 amide bonds. The molecule has 0 radical (unpaired) electrons. The third-order valence-electron chi connectivity index (χ3n) is 3.03. The molecule has 2 aromatic rings. The minimum atomic E-state index is -3.36. The van der Waals surface area contributed by atoms with Crippen molar-refractivity contribution in [3.05, 3.63) is 47.8 Å². The maximum absolute atomic E-state index is 12.8. The van der Waals surface area contributed by atoms with Gasteiger partial charge in [0.25, 0.3) is 0 Å². The van der Waals surface area contributed by atoms with Crippen LogP contribution in [0, 0.1) is 5.82 Å². The van der Waals surface area contributed by atoms with Gasteiger partial charge in [0.1, 0.15) is 11.6 Å². The zero-order valence-electron chi connectivity index (χ0n) is 12.8. The predicted octanol–water partition coefficient (Wildman–Crippen LogP) is 2.42. The van der Waals surface area contributed by atoms with Crippen LogP contribution in [0.3, 0.4) is 0 Å². The molecule has 0 atom stereocenters. The fourth-order valence-corrected chi connectivity index (χ4v) is 3.01. The van der Waals surface area contributed by atoms with Crippen LogP contribution < -0.4 is 10.0 Å². The van der Waals surface area contributed by atoms with Gasteiger partial charge in [-0.25, -0.2) is 12.8 Å². The van der Waals surface area contributed by atoms with Crippen molar-refractivity contribution in [3.63, 3.8) is 0 Å². The van der Waals surface area contributed by atoms with E-state index in [1.165, 1.54) is 12.1 Å². The van der Waals surface area contributed by atoms with E-state index in [-0.39, 0.29) is 17.4 Å². The van der Waals surface area contributed by atoms with Gasteiger partial charge in [-0.05, 0) is 42.7 Å². The van der Waals surface area contributed by atoms with E-state index >= 15 is 0 Å². The van der Waals surface area contributed by atoms with Crippen LogP contribution in [0.5, 0.6) is 0 Å². The zero-order chi connectivity index (χ0) is 16.7. The van der Waals surface area contributed by atoms with Crippen LogP contribution in [0.15, 0.2) is 36.4 Å². The number of hydrogen-bond acceptors (Lipinski definition) is 5. The molecule has 0 spiro atoms. The highest BCUT2D eigenvalue weighted by atomic mass is 32.2. The topological polar surface area (TPSA) is 84.0 Å². The van der Waals surface area contributed by atoms with E-state index in [9.17, 15) is 12.8 Å². The molecule has 23 heavy (non-hydrogen) atoms. The molecule has 0 aliphatic heterocycles. The van der Waals surface area contributed by atoms with Crippen molar-refractivity contribution in [1.29, 1.82) is 0 Å². The Labute approximate surface area is 135 Å². The molecule has 0 fully saturated rings. The second kappa shape index (κ2) is 7.87. The van der Waals surface area contributed by atoms with Crippen molar-refractivity contribution in [1.82, 2.24) is 10.2 Å². The lowest BCUT2D eigenvalue weighted by atomic mass is 10.1. The Hall–Kier alpha value is -2.22. The number of nitrogens with one attached hydrogen (secondary N) is 2. The van der Waals surface area contributed by atoms with Crippen LogP contribution in [0.4, 0.5) is 16.0 Å². The molecule has 0 aliphatic rings. The molecule has 0 bridgehead atoms. The van der Waals surface area contributed by atoms with E-state index in [4.69, 9.17) is 0 Å². The molecular formula is C15H19FN4O2S. The van der Waals surface area contributed by atoms with E-state index in [0.717, 1.165) is 5.56 Å². The minimum absolute atomic E-state index is 0.0480. The Morgan fingerprint density at radius 2 is 1.70 bits per heavy atom. The first-order valence-electron chi connectivity index (χ1n) is 7.31. The number of anilines is 2. The molecule has 124 valence electrons. The Morgan fingerprint density at radius 3 is 2.30 bits per heavy atom. The SMILES string of the molecule is CCCS(=O)(=O)Nc1ccc(NCCc2ccc(F)cc2)nn1. The average molecular weight is 338 g/mol. The number of hydrogen-bond donors (Lipinski definition) is 2. The smallest absolute Gasteiger partial charge is 0.233 e. The lowest BCUT2D eigenvalue weighted by Crippen LogP contribution is -2.17. The van der Waals surface area contributed by atoms with Crippen molar-refractivity contribution >= 4 is 21.7 Å². The Morgan fingerprint density at radius 1 is 1.04 bits per heavy atom. The van der Waals surface area contributed by atoms with Gasteiger partial charge in [0.05, 0.1) is 5.75 Å². The standard InChI is InChI=1S/C15H19FN4O2S/c1-2-11-23(21,22)20-15-8-7-14(18-19-15)17-10-9-12-3-5-13(16)6-4-12/h3-8H,2,9-11H2,1H3,(H,17,18)(H,19,20). The van der Waals surface area contributed by atoms with Gasteiger partial charge in [0.2, 0.25) is 10.0 Å². The summed E-state index contributed by atoms with van der Waals surface area (Å²) < 4.78 is 38.4. The summed E-state index contributed by atoms with van der Waals surface area (Å²) in [6.07, 6.45) is 1.25. The number of halogens is 1. The highest BCUT2D eigenvalue weighted by molar-refractivity contribution is 7.92. The van der Waals surface area contributed by atoms with Gasteiger partial charge in [-0.2, -0.15) is 0 Å². The first-order valence-corrected chi connectivity index (χ1v) is 8.96. The zero-order valence-corrected chi connectivity index (χ0v) is 13.6. The first-order chi connectivity index (χ1) is 11.0. The normalized spacial score (nSPS) is 11.2. The summed E-state index contributed by atoms with van der Waals surface area (Å²) >= 11 is 0. The summed E-state index contributed by atoms with van der Waals surface area (Å²) in [5, 5.41) is 10.8. The molecule has 1 aromatic heterocycles. The minimum Gasteiger partial charge on any atom is -0.368 e. The molecule has 6 nitrogen and oxygen atoms in total. The van der Waals surface area contributed by atoms with Gasteiger partial charge >= 0.3 is 0 Å². The van der Waals surface area contributed by atoms with Crippen LogP contribution in [0.25, 0.3) is 0 Å². The first kappa shape index (κ1) is 17.1. The molecular weight excluding hydrogens is 319 g/mol. The molecule has 2 N–H and O–H groups in total. The summed E-state index contributed by atoms with van der Waals surface area (Å²) in [7, 11) is -3.36. The summed E-state index contributed by atoms with van der Waals surface area (Å²) in [6.45, 7) is 2.40.